The SMILES string of the molecule is CCCC(C)C[C@H](O)C=C[C@H]1[C@H]2CC(Cc3ccccc3C(=O)O)=C[C@H]2C[C@H]1O. The molecule has 2 aliphatic rings. The van der Waals surface area contributed by atoms with Gasteiger partial charge in [0.15, 0.2) is 0 Å². The fourth-order valence-electron chi connectivity index (χ4n) is 5.22. The highest BCUT2D eigenvalue weighted by atomic mass is 16.4. The Morgan fingerprint density at radius 2 is 2.07 bits per heavy atom. The molecule has 0 bridgehead atoms. The Bertz CT molecular complexity index is 766. The van der Waals surface area contributed by atoms with E-state index in [2.05, 4.69) is 19.9 Å². The van der Waals surface area contributed by atoms with Gasteiger partial charge < -0.3 is 15.3 Å². The largest absolute Gasteiger partial charge is 0.478 e. The maximum Gasteiger partial charge on any atom is 0.335 e. The quantitative estimate of drug-likeness (QED) is 0.531. The summed E-state index contributed by atoms with van der Waals surface area (Å²) in [6.45, 7) is 4.33. The highest BCUT2D eigenvalue weighted by Gasteiger charge is 2.43. The Morgan fingerprint density at radius 3 is 2.79 bits per heavy atom. The number of carboxylic acid groups (broad SMARTS) is 1. The highest BCUT2D eigenvalue weighted by molar-refractivity contribution is 5.89. The summed E-state index contributed by atoms with van der Waals surface area (Å²) in [5.74, 6) is 0.341. The van der Waals surface area contributed by atoms with Gasteiger partial charge in [0, 0.05) is 5.92 Å². The molecule has 1 aromatic carbocycles. The summed E-state index contributed by atoms with van der Waals surface area (Å²) >= 11 is 0. The number of aliphatic hydroxyl groups is 2. The molecule has 158 valence electrons. The van der Waals surface area contributed by atoms with Crippen LogP contribution in [0.2, 0.25) is 0 Å². The minimum atomic E-state index is -0.887. The minimum absolute atomic E-state index is 0.0552. The molecule has 6 atom stereocenters. The average Bonchev–Trinajstić information content (AvgIpc) is 3.16. The standard InChI is InChI=1S/C25H34O4/c1-3-6-16(2)11-20(26)9-10-22-23-14-17(13-19(23)15-24(22)27)12-18-7-4-5-8-21(18)25(28)29/h4-5,7-10,13,16,19-20,22-24,26-27H,3,6,11-12,14-15H2,1-2H3,(H,28,29)/t16?,19-,20+,22-,23-,24+/m0/s1. The van der Waals surface area contributed by atoms with E-state index in [0.717, 1.165) is 37.7 Å². The van der Waals surface area contributed by atoms with E-state index in [1.807, 2.05) is 24.3 Å². The van der Waals surface area contributed by atoms with E-state index in [1.54, 1.807) is 12.1 Å². The van der Waals surface area contributed by atoms with Crippen LogP contribution in [0.1, 0.15) is 61.9 Å². The second kappa shape index (κ2) is 9.73. The predicted octanol–water partition coefficient (Wildman–Crippen LogP) is 4.61. The fraction of sp³-hybridized carbons (Fsp3) is 0.560. The van der Waals surface area contributed by atoms with Gasteiger partial charge in [0.1, 0.15) is 0 Å². The van der Waals surface area contributed by atoms with Gasteiger partial charge in [-0.2, -0.15) is 0 Å². The molecule has 1 aromatic rings. The third kappa shape index (κ3) is 5.37. The Labute approximate surface area is 174 Å². The first-order valence-electron chi connectivity index (χ1n) is 10.9. The van der Waals surface area contributed by atoms with Crippen molar-refractivity contribution in [3.63, 3.8) is 0 Å². The maximum absolute atomic E-state index is 11.5. The second-order valence-corrected chi connectivity index (χ2v) is 8.96. The zero-order valence-corrected chi connectivity index (χ0v) is 17.5. The van der Waals surface area contributed by atoms with Crippen LogP contribution in [-0.4, -0.2) is 33.5 Å². The van der Waals surface area contributed by atoms with Crippen molar-refractivity contribution < 1.29 is 20.1 Å². The van der Waals surface area contributed by atoms with E-state index in [0.29, 0.717) is 29.7 Å². The minimum Gasteiger partial charge on any atom is -0.478 e. The second-order valence-electron chi connectivity index (χ2n) is 8.96. The Balaban J connectivity index is 1.62. The first-order valence-corrected chi connectivity index (χ1v) is 10.9. The summed E-state index contributed by atoms with van der Waals surface area (Å²) in [5.41, 5.74) is 2.47. The van der Waals surface area contributed by atoms with Gasteiger partial charge in [0.25, 0.3) is 0 Å². The van der Waals surface area contributed by atoms with Gasteiger partial charge in [0.05, 0.1) is 17.8 Å². The highest BCUT2D eigenvalue weighted by Crippen LogP contribution is 2.48. The van der Waals surface area contributed by atoms with E-state index in [-0.39, 0.29) is 12.0 Å². The number of hydrogen-bond acceptors (Lipinski definition) is 3. The predicted molar refractivity (Wildman–Crippen MR) is 115 cm³/mol. The molecule has 2 aliphatic carbocycles. The monoisotopic (exact) mass is 398 g/mol. The zero-order valence-electron chi connectivity index (χ0n) is 17.5. The van der Waals surface area contributed by atoms with Crippen molar-refractivity contribution in [2.45, 2.75) is 64.6 Å². The smallest absolute Gasteiger partial charge is 0.335 e. The van der Waals surface area contributed by atoms with Crippen LogP contribution in [-0.2, 0) is 6.42 Å². The van der Waals surface area contributed by atoms with Crippen molar-refractivity contribution in [1.82, 2.24) is 0 Å². The van der Waals surface area contributed by atoms with Crippen LogP contribution in [0.4, 0.5) is 0 Å². The van der Waals surface area contributed by atoms with E-state index >= 15 is 0 Å². The topological polar surface area (TPSA) is 77.8 Å². The number of benzene rings is 1. The zero-order chi connectivity index (χ0) is 21.0. The van der Waals surface area contributed by atoms with Gasteiger partial charge in [-0.3, -0.25) is 0 Å². The fourth-order valence-corrected chi connectivity index (χ4v) is 5.22. The van der Waals surface area contributed by atoms with Crippen LogP contribution < -0.4 is 0 Å². The normalized spacial score (nSPS) is 28.3. The molecule has 1 fully saturated rings. The number of allylic oxidation sites excluding steroid dienone is 2. The van der Waals surface area contributed by atoms with Crippen LogP contribution >= 0.6 is 0 Å². The number of aliphatic hydroxyl groups excluding tert-OH is 2. The lowest BCUT2D eigenvalue weighted by Crippen LogP contribution is -2.18. The third-order valence-corrected chi connectivity index (χ3v) is 6.60. The molecule has 4 heteroatoms. The van der Waals surface area contributed by atoms with Crippen molar-refractivity contribution in [3.8, 4) is 0 Å². The average molecular weight is 399 g/mol. The molecule has 29 heavy (non-hydrogen) atoms. The molecule has 0 spiro atoms. The van der Waals surface area contributed by atoms with Crippen LogP contribution in [0, 0.1) is 23.7 Å². The Kier molecular flexibility index (Phi) is 7.31. The van der Waals surface area contributed by atoms with Crippen LogP contribution in [0.25, 0.3) is 0 Å². The molecule has 3 rings (SSSR count). The van der Waals surface area contributed by atoms with Gasteiger partial charge in [-0.25, -0.2) is 4.79 Å². The Hall–Kier alpha value is -1.91. The first kappa shape index (κ1) is 21.8. The van der Waals surface area contributed by atoms with Crippen LogP contribution in [0.3, 0.4) is 0 Å². The molecular weight excluding hydrogens is 364 g/mol. The summed E-state index contributed by atoms with van der Waals surface area (Å²) in [6, 6.07) is 7.19. The summed E-state index contributed by atoms with van der Waals surface area (Å²) in [6.07, 6.45) is 10.6. The summed E-state index contributed by atoms with van der Waals surface area (Å²) in [7, 11) is 0. The number of hydrogen-bond donors (Lipinski definition) is 3. The van der Waals surface area contributed by atoms with E-state index in [9.17, 15) is 20.1 Å². The summed E-state index contributed by atoms with van der Waals surface area (Å²) < 4.78 is 0. The van der Waals surface area contributed by atoms with Gasteiger partial charge >= 0.3 is 5.97 Å². The van der Waals surface area contributed by atoms with Gasteiger partial charge in [-0.15, -0.1) is 0 Å². The van der Waals surface area contributed by atoms with Crippen molar-refractivity contribution >= 4 is 5.97 Å². The van der Waals surface area contributed by atoms with Gasteiger partial charge in [0.2, 0.25) is 0 Å². The number of carbonyl (C=O) groups is 1. The Morgan fingerprint density at radius 1 is 1.31 bits per heavy atom. The van der Waals surface area contributed by atoms with Gasteiger partial charge in [-0.1, -0.05) is 68.7 Å². The molecule has 0 aliphatic heterocycles. The van der Waals surface area contributed by atoms with E-state index < -0.39 is 12.1 Å². The van der Waals surface area contributed by atoms with Crippen LogP contribution in [0.15, 0.2) is 48.1 Å². The lowest BCUT2D eigenvalue weighted by atomic mass is 9.87. The molecule has 0 heterocycles. The number of rotatable bonds is 9. The summed E-state index contributed by atoms with van der Waals surface area (Å²) in [4.78, 5) is 11.5. The molecule has 0 saturated heterocycles. The van der Waals surface area contributed by atoms with Gasteiger partial charge in [-0.05, 0) is 55.1 Å². The molecular formula is C25H34O4. The van der Waals surface area contributed by atoms with Crippen molar-refractivity contribution in [3.05, 3.63) is 59.2 Å². The number of fused-ring (bicyclic) bond motifs is 1. The molecule has 0 radical (unpaired) electrons. The van der Waals surface area contributed by atoms with Crippen molar-refractivity contribution in [2.75, 3.05) is 0 Å². The number of aromatic carboxylic acids is 1. The molecule has 4 nitrogen and oxygen atoms in total. The van der Waals surface area contributed by atoms with E-state index in [1.165, 1.54) is 5.57 Å². The molecule has 0 amide bonds. The third-order valence-electron chi connectivity index (χ3n) is 6.60. The number of carboxylic acids is 1. The molecule has 0 aromatic heterocycles. The van der Waals surface area contributed by atoms with Crippen molar-refractivity contribution in [2.24, 2.45) is 23.7 Å². The summed E-state index contributed by atoms with van der Waals surface area (Å²) in [5, 5.41) is 30.3. The molecule has 1 saturated carbocycles. The maximum atomic E-state index is 11.5. The van der Waals surface area contributed by atoms with Crippen molar-refractivity contribution in [1.29, 1.82) is 0 Å². The molecule has 3 N–H and O–H groups in total. The molecule has 1 unspecified atom stereocenters. The van der Waals surface area contributed by atoms with E-state index in [4.69, 9.17) is 0 Å². The first-order chi connectivity index (χ1) is 13.9. The lowest BCUT2D eigenvalue weighted by molar-refractivity contribution is 0.0696. The lowest BCUT2D eigenvalue weighted by Gasteiger charge is -2.19. The van der Waals surface area contributed by atoms with Crippen LogP contribution in [0.5, 0.6) is 0 Å².